The second kappa shape index (κ2) is 7.27. The summed E-state index contributed by atoms with van der Waals surface area (Å²) in [4.78, 5) is 9.22. The van der Waals surface area contributed by atoms with Crippen LogP contribution in [0.15, 0.2) is 34.9 Å². The number of aromatic nitrogens is 4. The van der Waals surface area contributed by atoms with Gasteiger partial charge in [-0.15, -0.1) is 0 Å². The number of benzene rings is 1. The summed E-state index contributed by atoms with van der Waals surface area (Å²) in [6.45, 7) is 5.28. The van der Waals surface area contributed by atoms with Crippen molar-refractivity contribution < 1.29 is 9.63 Å². The summed E-state index contributed by atoms with van der Waals surface area (Å²) in [6, 6.07) is 8.87. The van der Waals surface area contributed by atoms with Gasteiger partial charge in [-0.2, -0.15) is 10.1 Å². The predicted molar refractivity (Wildman–Crippen MR) is 96.6 cm³/mol. The van der Waals surface area contributed by atoms with Gasteiger partial charge in [0.2, 0.25) is 0 Å². The molecule has 0 unspecified atom stereocenters. The van der Waals surface area contributed by atoms with E-state index in [1.165, 1.54) is 0 Å². The number of phenolic OH excluding ortho intramolecular Hbond substituents is 1. The van der Waals surface area contributed by atoms with Crippen molar-refractivity contribution in [3.05, 3.63) is 36.2 Å². The second-order valence-electron chi connectivity index (χ2n) is 6.59. The molecule has 0 bridgehead atoms. The maximum Gasteiger partial charge on any atom is 0.275 e. The van der Waals surface area contributed by atoms with Gasteiger partial charge < -0.3 is 19.4 Å². The van der Waals surface area contributed by atoms with Crippen molar-refractivity contribution in [1.29, 1.82) is 0 Å². The number of H-pyrrole nitrogens is 1. The first-order valence-electron chi connectivity index (χ1n) is 8.76. The van der Waals surface area contributed by atoms with Gasteiger partial charge in [-0.3, -0.25) is 5.10 Å². The normalized spacial score (nSPS) is 16.2. The van der Waals surface area contributed by atoms with Crippen LogP contribution in [-0.2, 0) is 6.42 Å². The Bertz CT molecular complexity index is 866. The SMILES string of the molecule is CN1CCN(CCc2noc(-c3cc(-c4ccccc4O)n[nH]3)n2)CC1. The molecule has 2 aromatic heterocycles. The summed E-state index contributed by atoms with van der Waals surface area (Å²) in [6.07, 6.45) is 0.758. The number of rotatable bonds is 5. The first-order valence-corrected chi connectivity index (χ1v) is 8.76. The molecule has 1 saturated heterocycles. The molecule has 1 fully saturated rings. The highest BCUT2D eigenvalue weighted by Gasteiger charge is 2.17. The number of nitrogens with zero attached hydrogens (tertiary/aromatic N) is 5. The van der Waals surface area contributed by atoms with Crippen molar-refractivity contribution >= 4 is 0 Å². The molecular weight excluding hydrogens is 332 g/mol. The van der Waals surface area contributed by atoms with Gasteiger partial charge in [0, 0.05) is 44.7 Å². The van der Waals surface area contributed by atoms with E-state index in [0.29, 0.717) is 28.7 Å². The van der Waals surface area contributed by atoms with Gasteiger partial charge in [0.1, 0.15) is 11.4 Å². The summed E-state index contributed by atoms with van der Waals surface area (Å²) in [5.74, 6) is 1.29. The number of phenols is 1. The van der Waals surface area contributed by atoms with E-state index in [1.54, 1.807) is 18.2 Å². The fourth-order valence-corrected chi connectivity index (χ4v) is 3.05. The van der Waals surface area contributed by atoms with Crippen molar-refractivity contribution in [2.24, 2.45) is 0 Å². The first kappa shape index (κ1) is 16.7. The average Bonchev–Trinajstić information content (AvgIpc) is 3.31. The van der Waals surface area contributed by atoms with Gasteiger partial charge >= 0.3 is 0 Å². The highest BCUT2D eigenvalue weighted by Crippen LogP contribution is 2.29. The fraction of sp³-hybridized carbons (Fsp3) is 0.389. The van der Waals surface area contributed by atoms with Crippen LogP contribution >= 0.6 is 0 Å². The molecule has 26 heavy (non-hydrogen) atoms. The number of aromatic hydroxyl groups is 1. The minimum atomic E-state index is 0.184. The highest BCUT2D eigenvalue weighted by molar-refractivity contribution is 5.69. The van der Waals surface area contributed by atoms with Gasteiger partial charge in [-0.1, -0.05) is 17.3 Å². The molecule has 1 aromatic carbocycles. The molecule has 1 aliphatic rings. The Balaban J connectivity index is 1.41. The van der Waals surface area contributed by atoms with E-state index >= 15 is 0 Å². The zero-order valence-electron chi connectivity index (χ0n) is 14.7. The largest absolute Gasteiger partial charge is 0.507 e. The highest BCUT2D eigenvalue weighted by atomic mass is 16.5. The Labute approximate surface area is 151 Å². The van der Waals surface area contributed by atoms with Crippen molar-refractivity contribution in [3.8, 4) is 28.6 Å². The molecule has 0 spiro atoms. The summed E-state index contributed by atoms with van der Waals surface area (Å²) in [5, 5.41) is 21.1. The van der Waals surface area contributed by atoms with Gasteiger partial charge in [0.15, 0.2) is 5.82 Å². The Kier molecular flexibility index (Phi) is 4.68. The number of aromatic amines is 1. The topological polar surface area (TPSA) is 94.3 Å². The molecule has 1 aliphatic heterocycles. The Morgan fingerprint density at radius 3 is 2.81 bits per heavy atom. The molecule has 0 aliphatic carbocycles. The zero-order chi connectivity index (χ0) is 17.9. The summed E-state index contributed by atoms with van der Waals surface area (Å²) in [7, 11) is 2.15. The third-order valence-electron chi connectivity index (χ3n) is 4.70. The summed E-state index contributed by atoms with van der Waals surface area (Å²) >= 11 is 0. The van der Waals surface area contributed by atoms with E-state index in [-0.39, 0.29) is 5.75 Å². The number of likely N-dealkylation sites (N-methyl/N-ethyl adjacent to an activating group) is 1. The number of hydrogen-bond donors (Lipinski definition) is 2. The van der Waals surface area contributed by atoms with E-state index in [0.717, 1.165) is 39.1 Å². The minimum absolute atomic E-state index is 0.184. The van der Waals surface area contributed by atoms with Crippen LogP contribution in [-0.4, -0.2) is 75.0 Å². The lowest BCUT2D eigenvalue weighted by atomic mass is 10.1. The Hall–Kier alpha value is -2.71. The predicted octanol–water partition coefficient (Wildman–Crippen LogP) is 1.62. The molecule has 3 heterocycles. The van der Waals surface area contributed by atoms with Gasteiger partial charge in [0.05, 0.1) is 5.69 Å². The lowest BCUT2D eigenvalue weighted by molar-refractivity contribution is 0.154. The molecule has 0 atom stereocenters. The Morgan fingerprint density at radius 1 is 1.19 bits per heavy atom. The second-order valence-corrected chi connectivity index (χ2v) is 6.59. The van der Waals surface area contributed by atoms with Crippen LogP contribution in [0.25, 0.3) is 22.8 Å². The molecule has 8 heteroatoms. The van der Waals surface area contributed by atoms with Gasteiger partial charge in [-0.25, -0.2) is 0 Å². The van der Waals surface area contributed by atoms with Crippen LogP contribution in [0.4, 0.5) is 0 Å². The summed E-state index contributed by atoms with van der Waals surface area (Å²) in [5.41, 5.74) is 1.93. The maximum atomic E-state index is 9.95. The van der Waals surface area contributed by atoms with Gasteiger partial charge in [0.25, 0.3) is 5.89 Å². The zero-order valence-corrected chi connectivity index (χ0v) is 14.7. The smallest absolute Gasteiger partial charge is 0.275 e. The standard InChI is InChI=1S/C18H22N6O2/c1-23-8-10-24(11-9-23)7-6-17-19-18(26-22-17)15-12-14(20-21-15)13-4-2-3-5-16(13)25/h2-5,12,25H,6-11H2,1H3,(H,20,21). The number of para-hydroxylation sites is 1. The fourth-order valence-electron chi connectivity index (χ4n) is 3.05. The first-order chi connectivity index (χ1) is 12.7. The van der Waals surface area contributed by atoms with Crippen molar-refractivity contribution in [2.45, 2.75) is 6.42 Å². The van der Waals surface area contributed by atoms with Crippen LogP contribution in [0.2, 0.25) is 0 Å². The molecule has 0 radical (unpaired) electrons. The monoisotopic (exact) mass is 354 g/mol. The van der Waals surface area contributed by atoms with E-state index in [9.17, 15) is 5.11 Å². The molecule has 0 amide bonds. The van der Waals surface area contributed by atoms with Crippen molar-refractivity contribution in [1.82, 2.24) is 30.1 Å². The maximum absolute atomic E-state index is 9.95. The van der Waals surface area contributed by atoms with Crippen LogP contribution < -0.4 is 0 Å². The van der Waals surface area contributed by atoms with Crippen LogP contribution in [0.3, 0.4) is 0 Å². The number of nitrogens with one attached hydrogen (secondary N) is 1. The molecule has 0 saturated carbocycles. The number of hydrogen-bond acceptors (Lipinski definition) is 7. The number of piperazine rings is 1. The van der Waals surface area contributed by atoms with Crippen LogP contribution in [0.1, 0.15) is 5.82 Å². The van der Waals surface area contributed by atoms with E-state index in [2.05, 4.69) is 37.2 Å². The van der Waals surface area contributed by atoms with Crippen molar-refractivity contribution in [3.63, 3.8) is 0 Å². The molecule has 3 aromatic rings. The van der Waals surface area contributed by atoms with Crippen LogP contribution in [0.5, 0.6) is 5.75 Å². The third-order valence-corrected chi connectivity index (χ3v) is 4.70. The van der Waals surface area contributed by atoms with Gasteiger partial charge in [-0.05, 0) is 25.2 Å². The lowest BCUT2D eigenvalue weighted by Crippen LogP contribution is -2.45. The molecular formula is C18H22N6O2. The minimum Gasteiger partial charge on any atom is -0.507 e. The van der Waals surface area contributed by atoms with E-state index in [4.69, 9.17) is 4.52 Å². The van der Waals surface area contributed by atoms with E-state index < -0.39 is 0 Å². The quantitative estimate of drug-likeness (QED) is 0.719. The lowest BCUT2D eigenvalue weighted by Gasteiger charge is -2.31. The van der Waals surface area contributed by atoms with Crippen molar-refractivity contribution in [2.75, 3.05) is 39.8 Å². The molecule has 8 nitrogen and oxygen atoms in total. The van der Waals surface area contributed by atoms with Crippen LogP contribution in [0, 0.1) is 0 Å². The Morgan fingerprint density at radius 2 is 2.00 bits per heavy atom. The molecule has 136 valence electrons. The average molecular weight is 354 g/mol. The summed E-state index contributed by atoms with van der Waals surface area (Å²) < 4.78 is 5.37. The molecule has 2 N–H and O–H groups in total. The third kappa shape index (κ3) is 3.61. The van der Waals surface area contributed by atoms with E-state index in [1.807, 2.05) is 12.1 Å². The molecule has 4 rings (SSSR count).